The Kier molecular flexibility index (Phi) is 4.25. The SMILES string of the molecule is Cc1cnc(CC(=O)C(C)(C)S(=O)(=O)c2ccccn2)s1. The fourth-order valence-corrected chi connectivity index (χ4v) is 3.89. The summed E-state index contributed by atoms with van der Waals surface area (Å²) in [4.78, 5) is 21.4. The average molecular weight is 324 g/mol. The number of sulfone groups is 1. The number of ketones is 1. The van der Waals surface area contributed by atoms with E-state index in [1.54, 1.807) is 18.3 Å². The predicted octanol–water partition coefficient (Wildman–Crippen LogP) is 2.21. The summed E-state index contributed by atoms with van der Waals surface area (Å²) in [7, 11) is -3.83. The molecule has 0 aliphatic rings. The second-order valence-corrected chi connectivity index (χ2v) is 8.91. The van der Waals surface area contributed by atoms with Gasteiger partial charge in [-0.15, -0.1) is 11.3 Å². The molecule has 2 aromatic rings. The number of pyridine rings is 1. The summed E-state index contributed by atoms with van der Waals surface area (Å²) < 4.78 is 23.6. The van der Waals surface area contributed by atoms with Crippen LogP contribution in [-0.2, 0) is 21.1 Å². The summed E-state index contributed by atoms with van der Waals surface area (Å²) in [5, 5.41) is 0.542. The van der Waals surface area contributed by atoms with Gasteiger partial charge < -0.3 is 0 Å². The van der Waals surface area contributed by atoms with Crippen LogP contribution in [-0.4, -0.2) is 28.9 Å². The largest absolute Gasteiger partial charge is 0.297 e. The van der Waals surface area contributed by atoms with E-state index in [2.05, 4.69) is 9.97 Å². The second-order valence-electron chi connectivity index (χ2n) is 5.15. The Morgan fingerprint density at radius 1 is 1.29 bits per heavy atom. The number of Topliss-reactive ketones (excluding diaryl/α,β-unsaturated/α-hetero) is 1. The third-order valence-corrected chi connectivity index (χ3v) is 6.51. The van der Waals surface area contributed by atoms with E-state index in [4.69, 9.17) is 0 Å². The molecule has 0 aromatic carbocycles. The lowest BCUT2D eigenvalue weighted by molar-refractivity contribution is -0.120. The molecular formula is C14H16N2O3S2. The molecule has 21 heavy (non-hydrogen) atoms. The molecule has 0 saturated heterocycles. The van der Waals surface area contributed by atoms with E-state index >= 15 is 0 Å². The second kappa shape index (κ2) is 5.65. The number of aromatic nitrogens is 2. The average Bonchev–Trinajstić information content (AvgIpc) is 2.84. The number of carbonyl (C=O) groups is 1. The Labute approximate surface area is 128 Å². The normalized spacial score (nSPS) is 12.3. The van der Waals surface area contributed by atoms with Crippen LogP contribution in [0.4, 0.5) is 0 Å². The van der Waals surface area contributed by atoms with Crippen molar-refractivity contribution in [1.29, 1.82) is 0 Å². The molecule has 2 heterocycles. The van der Waals surface area contributed by atoms with E-state index in [1.165, 1.54) is 37.4 Å². The van der Waals surface area contributed by atoms with Gasteiger partial charge in [0.15, 0.2) is 10.8 Å². The number of carbonyl (C=O) groups excluding carboxylic acids is 1. The molecule has 112 valence electrons. The molecule has 0 atom stereocenters. The first-order valence-electron chi connectivity index (χ1n) is 6.35. The summed E-state index contributed by atoms with van der Waals surface area (Å²) in [6, 6.07) is 4.62. The van der Waals surface area contributed by atoms with Crippen molar-refractivity contribution in [2.45, 2.75) is 37.0 Å². The Balaban J connectivity index is 2.30. The number of rotatable bonds is 5. The highest BCUT2D eigenvalue weighted by molar-refractivity contribution is 7.93. The lowest BCUT2D eigenvalue weighted by Gasteiger charge is -2.22. The van der Waals surface area contributed by atoms with Gasteiger partial charge in [0.2, 0.25) is 9.84 Å². The molecule has 0 bridgehead atoms. The first-order valence-corrected chi connectivity index (χ1v) is 8.65. The highest BCUT2D eigenvalue weighted by atomic mass is 32.2. The van der Waals surface area contributed by atoms with Crippen LogP contribution in [0.1, 0.15) is 23.7 Å². The van der Waals surface area contributed by atoms with Crippen LogP contribution < -0.4 is 0 Å². The Bertz CT molecular complexity index is 750. The van der Waals surface area contributed by atoms with Gasteiger partial charge in [0.25, 0.3) is 0 Å². The van der Waals surface area contributed by atoms with Crippen LogP contribution in [0.15, 0.2) is 35.6 Å². The van der Waals surface area contributed by atoms with Gasteiger partial charge in [0.05, 0.1) is 6.42 Å². The number of hydrogen-bond acceptors (Lipinski definition) is 6. The standard InChI is InChI=1S/C14H16N2O3S2/c1-10-9-16-12(20-10)8-11(17)14(2,3)21(18,19)13-6-4-5-7-15-13/h4-7,9H,8H2,1-3H3. The maximum atomic E-state index is 12.6. The van der Waals surface area contributed by atoms with Crippen LogP contribution in [0, 0.1) is 6.92 Å². The minimum absolute atomic E-state index is 0.0115. The predicted molar refractivity (Wildman–Crippen MR) is 81.1 cm³/mol. The molecular weight excluding hydrogens is 308 g/mol. The van der Waals surface area contributed by atoms with E-state index < -0.39 is 14.6 Å². The van der Waals surface area contributed by atoms with Crippen molar-refractivity contribution in [3.05, 3.63) is 40.5 Å². The maximum Gasteiger partial charge on any atom is 0.207 e. The topological polar surface area (TPSA) is 77.0 Å². The van der Waals surface area contributed by atoms with E-state index in [1.807, 2.05) is 6.92 Å². The zero-order valence-corrected chi connectivity index (χ0v) is 13.7. The van der Waals surface area contributed by atoms with Crippen molar-refractivity contribution < 1.29 is 13.2 Å². The smallest absolute Gasteiger partial charge is 0.207 e. The van der Waals surface area contributed by atoms with Crippen molar-refractivity contribution in [3.8, 4) is 0 Å². The zero-order chi connectivity index (χ0) is 15.7. The summed E-state index contributed by atoms with van der Waals surface area (Å²) in [5.41, 5.74) is 0. The zero-order valence-electron chi connectivity index (χ0n) is 12.0. The van der Waals surface area contributed by atoms with Crippen LogP contribution in [0.3, 0.4) is 0 Å². The van der Waals surface area contributed by atoms with Crippen molar-refractivity contribution >= 4 is 27.0 Å². The van der Waals surface area contributed by atoms with Gasteiger partial charge in [0.1, 0.15) is 9.75 Å². The Morgan fingerprint density at radius 3 is 2.52 bits per heavy atom. The summed E-state index contributed by atoms with van der Waals surface area (Å²) in [6.07, 6.45) is 3.09. The molecule has 0 fully saturated rings. The van der Waals surface area contributed by atoms with Gasteiger partial charge in [0, 0.05) is 17.3 Å². The van der Waals surface area contributed by atoms with E-state index in [0.29, 0.717) is 5.01 Å². The maximum absolute atomic E-state index is 12.6. The fourth-order valence-electron chi connectivity index (χ4n) is 1.75. The summed E-state index contributed by atoms with van der Waals surface area (Å²) in [6.45, 7) is 4.72. The molecule has 0 saturated carbocycles. The molecule has 2 rings (SSSR count). The van der Waals surface area contributed by atoms with E-state index in [-0.39, 0.29) is 17.2 Å². The first-order chi connectivity index (χ1) is 9.75. The molecule has 5 nitrogen and oxygen atoms in total. The van der Waals surface area contributed by atoms with Crippen molar-refractivity contribution in [2.24, 2.45) is 0 Å². The lowest BCUT2D eigenvalue weighted by atomic mass is 10.1. The van der Waals surface area contributed by atoms with Gasteiger partial charge in [-0.3, -0.25) is 4.79 Å². The lowest BCUT2D eigenvalue weighted by Crippen LogP contribution is -2.42. The van der Waals surface area contributed by atoms with Crippen LogP contribution in [0.25, 0.3) is 0 Å². The number of nitrogens with zero attached hydrogens (tertiary/aromatic N) is 2. The Hall–Kier alpha value is -1.60. The van der Waals surface area contributed by atoms with Gasteiger partial charge in [-0.2, -0.15) is 0 Å². The molecule has 7 heteroatoms. The van der Waals surface area contributed by atoms with E-state index in [9.17, 15) is 13.2 Å². The van der Waals surface area contributed by atoms with E-state index in [0.717, 1.165) is 4.88 Å². The molecule has 0 aliphatic carbocycles. The highest BCUT2D eigenvalue weighted by Gasteiger charge is 2.43. The summed E-state index contributed by atoms with van der Waals surface area (Å²) >= 11 is 1.40. The fraction of sp³-hybridized carbons (Fsp3) is 0.357. The van der Waals surface area contributed by atoms with Gasteiger partial charge >= 0.3 is 0 Å². The third kappa shape index (κ3) is 3.03. The summed E-state index contributed by atoms with van der Waals surface area (Å²) in [5.74, 6) is -0.387. The number of aryl methyl sites for hydroxylation is 1. The van der Waals surface area contributed by atoms with Crippen molar-refractivity contribution in [2.75, 3.05) is 0 Å². The van der Waals surface area contributed by atoms with Gasteiger partial charge in [-0.25, -0.2) is 18.4 Å². The quantitative estimate of drug-likeness (QED) is 0.842. The molecule has 0 radical (unpaired) electrons. The van der Waals surface area contributed by atoms with Crippen molar-refractivity contribution in [3.63, 3.8) is 0 Å². The molecule has 0 amide bonds. The van der Waals surface area contributed by atoms with Crippen LogP contribution >= 0.6 is 11.3 Å². The third-order valence-electron chi connectivity index (χ3n) is 3.24. The van der Waals surface area contributed by atoms with Crippen LogP contribution in [0.2, 0.25) is 0 Å². The number of hydrogen-bond donors (Lipinski definition) is 0. The first kappa shape index (κ1) is 15.8. The molecule has 0 unspecified atom stereocenters. The van der Waals surface area contributed by atoms with Gasteiger partial charge in [-0.05, 0) is 32.9 Å². The highest BCUT2D eigenvalue weighted by Crippen LogP contribution is 2.26. The molecule has 0 spiro atoms. The minimum atomic E-state index is -3.83. The molecule has 0 N–H and O–H groups in total. The Morgan fingerprint density at radius 2 is 2.00 bits per heavy atom. The van der Waals surface area contributed by atoms with Gasteiger partial charge in [-0.1, -0.05) is 6.07 Å². The number of thiazole rings is 1. The minimum Gasteiger partial charge on any atom is -0.297 e. The monoisotopic (exact) mass is 324 g/mol. The van der Waals surface area contributed by atoms with Crippen LogP contribution in [0.5, 0.6) is 0 Å². The molecule has 0 aliphatic heterocycles. The molecule has 2 aromatic heterocycles. The van der Waals surface area contributed by atoms with Crippen molar-refractivity contribution in [1.82, 2.24) is 9.97 Å².